The molecule has 1 N–H and O–H groups in total. The van der Waals surface area contributed by atoms with Gasteiger partial charge in [0.1, 0.15) is 0 Å². The largest absolute Gasteiger partial charge is 0.346 e. The number of rotatable bonds is 5. The smallest absolute Gasteiger partial charge is 0.244 e. The van der Waals surface area contributed by atoms with Gasteiger partial charge in [-0.15, -0.1) is 0 Å². The van der Waals surface area contributed by atoms with E-state index in [1.165, 1.54) is 16.7 Å². The molecule has 0 heterocycles. The summed E-state index contributed by atoms with van der Waals surface area (Å²) in [4.78, 5) is 12.2. The third-order valence-electron chi connectivity index (χ3n) is 3.82. The van der Waals surface area contributed by atoms with Crippen molar-refractivity contribution in [2.24, 2.45) is 0 Å². The van der Waals surface area contributed by atoms with Crippen LogP contribution >= 0.6 is 11.6 Å². The highest BCUT2D eigenvalue weighted by Gasteiger charge is 2.13. The number of carbonyl (C=O) groups is 1. The number of hydrogen-bond acceptors (Lipinski definition) is 1. The van der Waals surface area contributed by atoms with Crippen LogP contribution in [0, 0.1) is 13.8 Å². The van der Waals surface area contributed by atoms with Crippen LogP contribution in [-0.2, 0) is 4.79 Å². The summed E-state index contributed by atoms with van der Waals surface area (Å²) in [5.41, 5.74) is 4.56. The lowest BCUT2D eigenvalue weighted by Gasteiger charge is -2.19. The number of benzene rings is 2. The van der Waals surface area contributed by atoms with Crippen LogP contribution < -0.4 is 5.32 Å². The molecule has 0 aliphatic heterocycles. The van der Waals surface area contributed by atoms with Crippen molar-refractivity contribution < 1.29 is 4.79 Å². The van der Waals surface area contributed by atoms with Crippen molar-refractivity contribution in [3.63, 3.8) is 0 Å². The van der Waals surface area contributed by atoms with E-state index in [-0.39, 0.29) is 11.9 Å². The van der Waals surface area contributed by atoms with E-state index in [2.05, 4.69) is 44.3 Å². The number of halogens is 1. The Morgan fingerprint density at radius 3 is 2.48 bits per heavy atom. The zero-order valence-corrected chi connectivity index (χ0v) is 14.5. The first-order chi connectivity index (χ1) is 11.0. The molecule has 0 saturated carbocycles. The number of nitrogens with one attached hydrogen (secondary N) is 1. The first-order valence-electron chi connectivity index (χ1n) is 7.81. The van der Waals surface area contributed by atoms with Crippen LogP contribution in [0.2, 0.25) is 5.02 Å². The summed E-state index contributed by atoms with van der Waals surface area (Å²) in [6, 6.07) is 13.7. The van der Waals surface area contributed by atoms with Crippen LogP contribution in [0.4, 0.5) is 0 Å². The summed E-state index contributed by atoms with van der Waals surface area (Å²) in [6.07, 6.45) is 4.21. The molecule has 0 bridgehead atoms. The maximum Gasteiger partial charge on any atom is 0.244 e. The van der Waals surface area contributed by atoms with Gasteiger partial charge in [-0.2, -0.15) is 0 Å². The van der Waals surface area contributed by atoms with E-state index in [0.29, 0.717) is 5.02 Å². The lowest BCUT2D eigenvalue weighted by molar-refractivity contribution is -0.117. The van der Waals surface area contributed by atoms with Gasteiger partial charge in [-0.05, 0) is 55.2 Å². The van der Waals surface area contributed by atoms with Gasteiger partial charge in [0.25, 0.3) is 0 Å². The van der Waals surface area contributed by atoms with Gasteiger partial charge < -0.3 is 5.32 Å². The zero-order valence-electron chi connectivity index (χ0n) is 13.8. The topological polar surface area (TPSA) is 29.1 Å². The Morgan fingerprint density at radius 1 is 1.17 bits per heavy atom. The number of amides is 1. The van der Waals surface area contributed by atoms with Gasteiger partial charge in [0.05, 0.1) is 6.04 Å². The van der Waals surface area contributed by atoms with Crippen molar-refractivity contribution in [1.29, 1.82) is 0 Å². The van der Waals surface area contributed by atoms with E-state index in [9.17, 15) is 4.79 Å². The summed E-state index contributed by atoms with van der Waals surface area (Å²) in [5, 5.41) is 3.76. The third-order valence-corrected chi connectivity index (χ3v) is 4.07. The molecule has 23 heavy (non-hydrogen) atoms. The average Bonchev–Trinajstić information content (AvgIpc) is 2.52. The highest BCUT2D eigenvalue weighted by molar-refractivity contribution is 6.30. The highest BCUT2D eigenvalue weighted by atomic mass is 35.5. The highest BCUT2D eigenvalue weighted by Crippen LogP contribution is 2.21. The molecule has 0 aliphatic rings. The van der Waals surface area contributed by atoms with E-state index in [4.69, 9.17) is 11.6 Å². The molecule has 2 aromatic carbocycles. The van der Waals surface area contributed by atoms with Crippen LogP contribution in [0.25, 0.3) is 6.08 Å². The lowest BCUT2D eigenvalue weighted by Crippen LogP contribution is -2.26. The molecule has 0 fully saturated rings. The molecular weight excluding hydrogens is 306 g/mol. The molecule has 0 aromatic heterocycles. The lowest BCUT2D eigenvalue weighted by atomic mass is 9.97. The maximum atomic E-state index is 12.2. The van der Waals surface area contributed by atoms with Gasteiger partial charge in [-0.1, -0.05) is 54.4 Å². The molecule has 0 radical (unpaired) electrons. The zero-order chi connectivity index (χ0) is 16.8. The minimum absolute atomic E-state index is 0.0259. The first-order valence-corrected chi connectivity index (χ1v) is 8.18. The van der Waals surface area contributed by atoms with Crippen LogP contribution in [-0.4, -0.2) is 5.91 Å². The van der Waals surface area contributed by atoms with E-state index in [0.717, 1.165) is 12.0 Å². The molecule has 1 atom stereocenters. The Labute approximate surface area is 143 Å². The molecule has 2 rings (SSSR count). The summed E-state index contributed by atoms with van der Waals surface area (Å²) in [6.45, 7) is 6.24. The maximum absolute atomic E-state index is 12.2. The molecule has 0 spiro atoms. The van der Waals surface area contributed by atoms with E-state index >= 15 is 0 Å². The fourth-order valence-corrected chi connectivity index (χ4v) is 2.71. The minimum atomic E-state index is -0.0909. The van der Waals surface area contributed by atoms with Crippen LogP contribution in [0.15, 0.2) is 48.5 Å². The Hall–Kier alpha value is -2.06. The molecule has 0 saturated heterocycles. The fourth-order valence-electron chi connectivity index (χ4n) is 2.58. The Morgan fingerprint density at radius 2 is 1.87 bits per heavy atom. The molecule has 120 valence electrons. The van der Waals surface area contributed by atoms with Crippen LogP contribution in [0.3, 0.4) is 0 Å². The molecule has 2 nitrogen and oxygen atoms in total. The Kier molecular flexibility index (Phi) is 6.00. The summed E-state index contributed by atoms with van der Waals surface area (Å²) < 4.78 is 0. The number of aryl methyl sites for hydroxylation is 2. The van der Waals surface area contributed by atoms with E-state index in [1.807, 2.05) is 24.3 Å². The van der Waals surface area contributed by atoms with Crippen molar-refractivity contribution in [3.8, 4) is 0 Å². The van der Waals surface area contributed by atoms with Crippen molar-refractivity contribution in [2.45, 2.75) is 33.2 Å². The summed E-state index contributed by atoms with van der Waals surface area (Å²) in [7, 11) is 0. The molecule has 3 heteroatoms. The number of carbonyl (C=O) groups excluding carboxylic acids is 1. The second-order valence-corrected chi connectivity index (χ2v) is 6.15. The monoisotopic (exact) mass is 327 g/mol. The van der Waals surface area contributed by atoms with Gasteiger partial charge in [0, 0.05) is 11.1 Å². The van der Waals surface area contributed by atoms with E-state index in [1.54, 1.807) is 12.2 Å². The normalized spacial score (nSPS) is 12.3. The van der Waals surface area contributed by atoms with Crippen molar-refractivity contribution in [3.05, 3.63) is 75.8 Å². The summed E-state index contributed by atoms with van der Waals surface area (Å²) in [5.74, 6) is -0.0909. The third kappa shape index (κ3) is 4.97. The van der Waals surface area contributed by atoms with Gasteiger partial charge in [0.2, 0.25) is 5.91 Å². The van der Waals surface area contributed by atoms with Crippen molar-refractivity contribution in [1.82, 2.24) is 5.32 Å². The predicted octanol–water partition coefficient (Wildman–Crippen LogP) is 5.24. The average molecular weight is 328 g/mol. The quantitative estimate of drug-likeness (QED) is 0.748. The second-order valence-electron chi connectivity index (χ2n) is 5.71. The van der Waals surface area contributed by atoms with Crippen LogP contribution in [0.5, 0.6) is 0 Å². The molecule has 2 aromatic rings. The molecule has 1 unspecified atom stereocenters. The standard InChI is InChI=1S/C20H22ClNO/c1-4-19(18-11-5-14(2)13-15(18)3)22-20(23)12-8-16-6-9-17(21)10-7-16/h5-13,19H,4H2,1-3H3,(H,22,23)/b12-8+. The minimum Gasteiger partial charge on any atom is -0.346 e. The Bertz CT molecular complexity index is 704. The SMILES string of the molecule is CCC(NC(=O)/C=C/c1ccc(Cl)cc1)c1ccc(C)cc1C. The fraction of sp³-hybridized carbons (Fsp3) is 0.250. The molecular formula is C20H22ClNO. The first kappa shape index (κ1) is 17.3. The van der Waals surface area contributed by atoms with Crippen molar-refractivity contribution in [2.75, 3.05) is 0 Å². The van der Waals surface area contributed by atoms with Crippen LogP contribution in [0.1, 0.15) is 41.6 Å². The number of hydrogen-bond donors (Lipinski definition) is 1. The molecule has 0 aliphatic carbocycles. The second kappa shape index (κ2) is 7.98. The van der Waals surface area contributed by atoms with Crippen molar-refractivity contribution >= 4 is 23.6 Å². The summed E-state index contributed by atoms with van der Waals surface area (Å²) >= 11 is 5.85. The van der Waals surface area contributed by atoms with Gasteiger partial charge in [-0.3, -0.25) is 4.79 Å². The molecule has 1 amide bonds. The Balaban J connectivity index is 2.06. The van der Waals surface area contributed by atoms with Gasteiger partial charge in [0.15, 0.2) is 0 Å². The van der Waals surface area contributed by atoms with E-state index < -0.39 is 0 Å². The predicted molar refractivity (Wildman–Crippen MR) is 97.6 cm³/mol. The van der Waals surface area contributed by atoms with Gasteiger partial charge in [-0.25, -0.2) is 0 Å². The van der Waals surface area contributed by atoms with Gasteiger partial charge >= 0.3 is 0 Å².